The Labute approximate surface area is 158 Å². The number of unbranched alkanes of at least 4 members (excludes halogenated alkanes) is 2. The molecular formula is C24H46O. The third-order valence-corrected chi connectivity index (χ3v) is 7.67. The van der Waals surface area contributed by atoms with Crippen LogP contribution in [0.5, 0.6) is 0 Å². The molecule has 2 saturated carbocycles. The minimum Gasteiger partial charge on any atom is -0.378 e. The van der Waals surface area contributed by atoms with Crippen LogP contribution in [0.3, 0.4) is 0 Å². The quantitative estimate of drug-likeness (QED) is 0.368. The molecule has 1 nitrogen and oxygen atoms in total. The van der Waals surface area contributed by atoms with E-state index >= 15 is 0 Å². The van der Waals surface area contributed by atoms with E-state index in [-0.39, 0.29) is 0 Å². The van der Waals surface area contributed by atoms with E-state index in [9.17, 15) is 0 Å². The summed E-state index contributed by atoms with van der Waals surface area (Å²) < 4.78 is 6.25. The Kier molecular flexibility index (Phi) is 9.89. The first-order valence-electron chi connectivity index (χ1n) is 11.8. The lowest BCUT2D eigenvalue weighted by atomic mass is 9.69. The molecule has 0 heterocycles. The van der Waals surface area contributed by atoms with Gasteiger partial charge in [-0.15, -0.1) is 0 Å². The monoisotopic (exact) mass is 350 g/mol. The van der Waals surface area contributed by atoms with E-state index in [0.29, 0.717) is 6.10 Å². The van der Waals surface area contributed by atoms with Crippen LogP contribution in [-0.4, -0.2) is 12.7 Å². The Morgan fingerprint density at radius 1 is 0.680 bits per heavy atom. The number of rotatable bonds is 10. The molecule has 4 unspecified atom stereocenters. The molecule has 25 heavy (non-hydrogen) atoms. The van der Waals surface area contributed by atoms with Crippen LogP contribution >= 0.6 is 0 Å². The molecule has 0 aromatic heterocycles. The molecule has 4 atom stereocenters. The molecule has 148 valence electrons. The Hall–Kier alpha value is -0.0400. The lowest BCUT2D eigenvalue weighted by Gasteiger charge is -2.40. The standard InChI is InChI=1S/C24H46O/c1-5-7-8-18-25-24-17-16-23(19(3)20(24)4)15-14-22-12-10-21(9-6-2)11-13-22/h19-24H,5-18H2,1-4H3. The predicted octanol–water partition coefficient (Wildman–Crippen LogP) is 7.63. The summed E-state index contributed by atoms with van der Waals surface area (Å²) in [6.07, 6.45) is 19.0. The van der Waals surface area contributed by atoms with Gasteiger partial charge in [0.15, 0.2) is 0 Å². The Morgan fingerprint density at radius 3 is 2.00 bits per heavy atom. The molecular weight excluding hydrogens is 304 g/mol. The smallest absolute Gasteiger partial charge is 0.0603 e. The molecule has 0 spiro atoms. The second-order valence-electron chi connectivity index (χ2n) is 9.42. The molecule has 0 bridgehead atoms. The summed E-state index contributed by atoms with van der Waals surface area (Å²) >= 11 is 0. The van der Waals surface area contributed by atoms with Crippen molar-refractivity contribution in [2.75, 3.05) is 6.61 Å². The molecule has 1 heteroatoms. The second kappa shape index (κ2) is 11.6. The van der Waals surface area contributed by atoms with Crippen molar-refractivity contribution in [3.05, 3.63) is 0 Å². The predicted molar refractivity (Wildman–Crippen MR) is 110 cm³/mol. The molecule has 0 amide bonds. The van der Waals surface area contributed by atoms with Crippen molar-refractivity contribution in [2.24, 2.45) is 29.6 Å². The molecule has 2 rings (SSSR count). The van der Waals surface area contributed by atoms with Crippen LogP contribution in [-0.2, 0) is 4.74 Å². The normalized spacial score (nSPS) is 36.5. The van der Waals surface area contributed by atoms with Crippen LogP contribution < -0.4 is 0 Å². The lowest BCUT2D eigenvalue weighted by Crippen LogP contribution is -2.37. The number of ether oxygens (including phenoxy) is 1. The van der Waals surface area contributed by atoms with E-state index in [1.807, 2.05) is 0 Å². The first-order chi connectivity index (χ1) is 12.2. The molecule has 2 aliphatic carbocycles. The fraction of sp³-hybridized carbons (Fsp3) is 1.00. The van der Waals surface area contributed by atoms with E-state index in [1.165, 1.54) is 83.5 Å². The van der Waals surface area contributed by atoms with Crippen LogP contribution in [0.15, 0.2) is 0 Å². The van der Waals surface area contributed by atoms with Crippen molar-refractivity contribution in [3.63, 3.8) is 0 Å². The van der Waals surface area contributed by atoms with E-state index < -0.39 is 0 Å². The van der Waals surface area contributed by atoms with Crippen molar-refractivity contribution >= 4 is 0 Å². The zero-order valence-corrected chi connectivity index (χ0v) is 17.8. The van der Waals surface area contributed by atoms with Gasteiger partial charge in [0.25, 0.3) is 0 Å². The van der Waals surface area contributed by atoms with Gasteiger partial charge >= 0.3 is 0 Å². The maximum atomic E-state index is 6.25. The molecule has 0 N–H and O–H groups in total. The van der Waals surface area contributed by atoms with Crippen LogP contribution in [0.25, 0.3) is 0 Å². The van der Waals surface area contributed by atoms with E-state index in [1.54, 1.807) is 0 Å². The van der Waals surface area contributed by atoms with Gasteiger partial charge < -0.3 is 4.74 Å². The van der Waals surface area contributed by atoms with E-state index in [2.05, 4.69) is 27.7 Å². The van der Waals surface area contributed by atoms with Gasteiger partial charge in [-0.25, -0.2) is 0 Å². The van der Waals surface area contributed by atoms with E-state index in [0.717, 1.165) is 36.2 Å². The van der Waals surface area contributed by atoms with Gasteiger partial charge in [-0.2, -0.15) is 0 Å². The van der Waals surface area contributed by atoms with Crippen molar-refractivity contribution in [1.29, 1.82) is 0 Å². The summed E-state index contributed by atoms with van der Waals surface area (Å²) in [5.41, 5.74) is 0. The molecule has 2 fully saturated rings. The van der Waals surface area contributed by atoms with Crippen molar-refractivity contribution in [1.82, 2.24) is 0 Å². The second-order valence-corrected chi connectivity index (χ2v) is 9.42. The summed E-state index contributed by atoms with van der Waals surface area (Å²) in [6.45, 7) is 10.6. The van der Waals surface area contributed by atoms with Crippen LogP contribution in [0.1, 0.15) is 111 Å². The summed E-state index contributed by atoms with van der Waals surface area (Å²) in [5.74, 6) is 4.65. The average Bonchev–Trinajstić information content (AvgIpc) is 2.63. The third-order valence-electron chi connectivity index (χ3n) is 7.67. The minimum absolute atomic E-state index is 0.535. The van der Waals surface area contributed by atoms with Gasteiger partial charge in [0.2, 0.25) is 0 Å². The maximum absolute atomic E-state index is 6.25. The number of hydrogen-bond donors (Lipinski definition) is 0. The van der Waals surface area contributed by atoms with Crippen molar-refractivity contribution < 1.29 is 4.74 Å². The Bertz CT molecular complexity index is 331. The number of hydrogen-bond acceptors (Lipinski definition) is 1. The van der Waals surface area contributed by atoms with Gasteiger partial charge in [-0.1, -0.05) is 85.5 Å². The fourth-order valence-electron chi connectivity index (χ4n) is 5.57. The zero-order chi connectivity index (χ0) is 18.1. The first-order valence-corrected chi connectivity index (χ1v) is 11.8. The van der Waals surface area contributed by atoms with E-state index in [4.69, 9.17) is 4.74 Å². The Balaban J connectivity index is 1.65. The van der Waals surface area contributed by atoms with Gasteiger partial charge in [-0.05, 0) is 55.3 Å². The maximum Gasteiger partial charge on any atom is 0.0603 e. The van der Waals surface area contributed by atoms with Crippen molar-refractivity contribution in [3.8, 4) is 0 Å². The lowest BCUT2D eigenvalue weighted by molar-refractivity contribution is -0.0442. The SMILES string of the molecule is CCCCCOC1CCC(CCC2CCC(CCC)CC2)C(C)C1C. The van der Waals surface area contributed by atoms with Gasteiger partial charge in [-0.3, -0.25) is 0 Å². The molecule has 0 aromatic rings. The highest BCUT2D eigenvalue weighted by atomic mass is 16.5. The third kappa shape index (κ3) is 6.89. The largest absolute Gasteiger partial charge is 0.378 e. The van der Waals surface area contributed by atoms with Crippen LogP contribution in [0.4, 0.5) is 0 Å². The highest BCUT2D eigenvalue weighted by Crippen LogP contribution is 2.41. The summed E-state index contributed by atoms with van der Waals surface area (Å²) in [5, 5.41) is 0. The fourth-order valence-corrected chi connectivity index (χ4v) is 5.57. The van der Waals surface area contributed by atoms with Gasteiger partial charge in [0.05, 0.1) is 6.10 Å². The summed E-state index contributed by atoms with van der Waals surface area (Å²) in [6, 6.07) is 0. The Morgan fingerprint density at radius 2 is 1.36 bits per heavy atom. The zero-order valence-electron chi connectivity index (χ0n) is 17.8. The summed E-state index contributed by atoms with van der Waals surface area (Å²) in [4.78, 5) is 0. The highest BCUT2D eigenvalue weighted by Gasteiger charge is 2.34. The topological polar surface area (TPSA) is 9.23 Å². The van der Waals surface area contributed by atoms with Gasteiger partial charge in [0, 0.05) is 6.61 Å². The summed E-state index contributed by atoms with van der Waals surface area (Å²) in [7, 11) is 0. The first kappa shape index (κ1) is 21.3. The van der Waals surface area contributed by atoms with Crippen molar-refractivity contribution in [2.45, 2.75) is 117 Å². The minimum atomic E-state index is 0.535. The van der Waals surface area contributed by atoms with Gasteiger partial charge in [0.1, 0.15) is 0 Å². The molecule has 0 saturated heterocycles. The average molecular weight is 351 g/mol. The molecule has 0 aliphatic heterocycles. The molecule has 2 aliphatic rings. The molecule has 0 aromatic carbocycles. The van der Waals surface area contributed by atoms with Crippen LogP contribution in [0.2, 0.25) is 0 Å². The van der Waals surface area contributed by atoms with Crippen LogP contribution in [0, 0.1) is 29.6 Å². The molecule has 0 radical (unpaired) electrons. The highest BCUT2D eigenvalue weighted by molar-refractivity contribution is 4.85.